The molecule has 28 heavy (non-hydrogen) atoms. The van der Waals surface area contributed by atoms with E-state index in [0.29, 0.717) is 25.5 Å². The second-order valence-corrected chi connectivity index (χ2v) is 6.62. The zero-order chi connectivity index (χ0) is 19.3. The van der Waals surface area contributed by atoms with Gasteiger partial charge < -0.3 is 10.1 Å². The van der Waals surface area contributed by atoms with E-state index in [4.69, 9.17) is 4.74 Å². The molecule has 0 bridgehead atoms. The molecule has 0 aliphatic rings. The average molecular weight is 374 g/mol. The van der Waals surface area contributed by atoms with Gasteiger partial charge in [-0.1, -0.05) is 35.0 Å². The van der Waals surface area contributed by atoms with Crippen LogP contribution in [0.25, 0.3) is 11.0 Å². The van der Waals surface area contributed by atoms with Crippen LogP contribution in [0.5, 0.6) is 5.75 Å². The van der Waals surface area contributed by atoms with Crippen LogP contribution < -0.4 is 10.1 Å². The molecule has 7 heteroatoms. The number of fused-ring (bicyclic) bond motifs is 1. The van der Waals surface area contributed by atoms with Crippen LogP contribution in [-0.2, 0) is 6.54 Å². The van der Waals surface area contributed by atoms with Crippen molar-refractivity contribution >= 4 is 16.9 Å². The van der Waals surface area contributed by atoms with Crippen molar-refractivity contribution in [2.45, 2.75) is 20.4 Å². The molecule has 0 aliphatic heterocycles. The predicted molar refractivity (Wildman–Crippen MR) is 109 cm³/mol. The monoisotopic (exact) mass is 374 g/mol. The van der Waals surface area contributed by atoms with E-state index < -0.39 is 0 Å². The second-order valence-electron chi connectivity index (χ2n) is 6.62. The summed E-state index contributed by atoms with van der Waals surface area (Å²) >= 11 is 0. The van der Waals surface area contributed by atoms with E-state index in [9.17, 15) is 0 Å². The first-order chi connectivity index (χ1) is 13.7. The highest BCUT2D eigenvalue weighted by atomic mass is 16.5. The normalized spacial score (nSPS) is 10.9. The third-order valence-corrected chi connectivity index (χ3v) is 4.32. The highest BCUT2D eigenvalue weighted by Crippen LogP contribution is 2.14. The lowest BCUT2D eigenvalue weighted by Crippen LogP contribution is -2.14. The van der Waals surface area contributed by atoms with Gasteiger partial charge in [0.15, 0.2) is 0 Å². The fourth-order valence-corrected chi connectivity index (χ4v) is 2.97. The van der Waals surface area contributed by atoms with Gasteiger partial charge in [-0.2, -0.15) is 0 Å². The first-order valence-corrected chi connectivity index (χ1v) is 9.23. The van der Waals surface area contributed by atoms with Crippen LogP contribution >= 0.6 is 0 Å². The Morgan fingerprint density at radius 1 is 1.00 bits per heavy atom. The number of nitrogens with zero attached hydrogens (tertiary/aromatic N) is 5. The number of nitrogens with one attached hydrogen (secondary N) is 1. The first kappa shape index (κ1) is 17.9. The minimum absolute atomic E-state index is 0.540. The molecule has 7 nitrogen and oxygen atoms in total. The molecule has 4 aromatic rings. The number of para-hydroxylation sites is 1. The molecule has 1 N–H and O–H groups in total. The molecule has 0 spiro atoms. The van der Waals surface area contributed by atoms with Crippen molar-refractivity contribution in [3.63, 3.8) is 0 Å². The van der Waals surface area contributed by atoms with E-state index in [0.717, 1.165) is 28.3 Å². The standard InChI is InChI=1S/C21H22N6O/c1-15-7-9-18(10-8-15)28-12-11-22-21-13-17(23-16(2)24-21)14-27-20-6-4-3-5-19(20)25-26-27/h3-10,13H,11-12,14H2,1-2H3,(H,22,23,24). The van der Waals surface area contributed by atoms with E-state index in [1.54, 1.807) is 0 Å². The molecule has 142 valence electrons. The maximum Gasteiger partial charge on any atom is 0.130 e. The van der Waals surface area contributed by atoms with Crippen molar-refractivity contribution in [3.05, 3.63) is 71.7 Å². The summed E-state index contributed by atoms with van der Waals surface area (Å²) < 4.78 is 7.60. The van der Waals surface area contributed by atoms with Crippen molar-refractivity contribution < 1.29 is 4.74 Å². The molecular formula is C21H22N6O. The largest absolute Gasteiger partial charge is 0.492 e. The molecule has 2 aromatic heterocycles. The first-order valence-electron chi connectivity index (χ1n) is 9.23. The van der Waals surface area contributed by atoms with Crippen molar-refractivity contribution in [1.82, 2.24) is 25.0 Å². The Labute approximate surface area is 163 Å². The SMILES string of the molecule is Cc1ccc(OCCNc2cc(Cn3nnc4ccccc43)nc(C)n2)cc1. The number of aryl methyl sites for hydroxylation is 2. The molecule has 0 saturated heterocycles. The van der Waals surface area contributed by atoms with Crippen LogP contribution in [0.3, 0.4) is 0 Å². The number of ether oxygens (including phenoxy) is 1. The van der Waals surface area contributed by atoms with Crippen LogP contribution in [0.2, 0.25) is 0 Å². The summed E-state index contributed by atoms with van der Waals surface area (Å²) in [5, 5.41) is 11.7. The number of anilines is 1. The van der Waals surface area contributed by atoms with E-state index >= 15 is 0 Å². The highest BCUT2D eigenvalue weighted by Gasteiger charge is 2.07. The van der Waals surface area contributed by atoms with Crippen molar-refractivity contribution in [2.75, 3.05) is 18.5 Å². The molecular weight excluding hydrogens is 352 g/mol. The second kappa shape index (κ2) is 8.04. The maximum atomic E-state index is 5.75. The molecule has 4 rings (SSSR count). The van der Waals surface area contributed by atoms with E-state index in [1.807, 2.05) is 66.2 Å². The van der Waals surface area contributed by atoms with Gasteiger partial charge in [-0.15, -0.1) is 5.10 Å². The van der Waals surface area contributed by atoms with Crippen LogP contribution in [0.4, 0.5) is 5.82 Å². The molecule has 0 aliphatic carbocycles. The topological polar surface area (TPSA) is 77.8 Å². The number of aromatic nitrogens is 5. The van der Waals surface area contributed by atoms with Gasteiger partial charge in [0.05, 0.1) is 24.3 Å². The fraction of sp³-hybridized carbons (Fsp3) is 0.238. The van der Waals surface area contributed by atoms with E-state index in [1.165, 1.54) is 5.56 Å². The summed E-state index contributed by atoms with van der Waals surface area (Å²) in [6, 6.07) is 17.9. The van der Waals surface area contributed by atoms with Gasteiger partial charge in [0.1, 0.15) is 29.5 Å². The Balaban J connectivity index is 1.38. The lowest BCUT2D eigenvalue weighted by Gasteiger charge is -2.10. The average Bonchev–Trinajstić information content (AvgIpc) is 3.09. The number of hydrogen-bond donors (Lipinski definition) is 1. The van der Waals surface area contributed by atoms with Gasteiger partial charge in [0.2, 0.25) is 0 Å². The van der Waals surface area contributed by atoms with E-state index in [-0.39, 0.29) is 0 Å². The van der Waals surface area contributed by atoms with E-state index in [2.05, 4.69) is 32.5 Å². The summed E-state index contributed by atoms with van der Waals surface area (Å²) in [7, 11) is 0. The zero-order valence-electron chi connectivity index (χ0n) is 16.0. The Bertz CT molecular complexity index is 1070. The van der Waals surface area contributed by atoms with Crippen LogP contribution in [0.15, 0.2) is 54.6 Å². The minimum atomic E-state index is 0.540. The summed E-state index contributed by atoms with van der Waals surface area (Å²) in [6.07, 6.45) is 0. The smallest absolute Gasteiger partial charge is 0.130 e. The molecule has 0 unspecified atom stereocenters. The van der Waals surface area contributed by atoms with Crippen molar-refractivity contribution in [3.8, 4) is 5.75 Å². The Morgan fingerprint density at radius 2 is 1.82 bits per heavy atom. The molecule has 2 heterocycles. The molecule has 2 aromatic carbocycles. The van der Waals surface area contributed by atoms with Crippen LogP contribution in [-0.4, -0.2) is 38.1 Å². The molecule has 0 atom stereocenters. The fourth-order valence-electron chi connectivity index (χ4n) is 2.97. The van der Waals surface area contributed by atoms with Gasteiger partial charge in [-0.05, 0) is 38.1 Å². The highest BCUT2D eigenvalue weighted by molar-refractivity contribution is 5.73. The lowest BCUT2D eigenvalue weighted by atomic mass is 10.2. The summed E-state index contributed by atoms with van der Waals surface area (Å²) in [5.41, 5.74) is 3.96. The third-order valence-electron chi connectivity index (χ3n) is 4.32. The minimum Gasteiger partial charge on any atom is -0.492 e. The quantitative estimate of drug-likeness (QED) is 0.500. The summed E-state index contributed by atoms with van der Waals surface area (Å²) in [4.78, 5) is 8.99. The zero-order valence-corrected chi connectivity index (χ0v) is 16.0. The predicted octanol–water partition coefficient (Wildman–Crippen LogP) is 3.38. The van der Waals surface area contributed by atoms with Crippen molar-refractivity contribution in [2.24, 2.45) is 0 Å². The van der Waals surface area contributed by atoms with Gasteiger partial charge in [0.25, 0.3) is 0 Å². The Hall–Kier alpha value is -3.48. The van der Waals surface area contributed by atoms with Gasteiger partial charge in [-0.3, -0.25) is 0 Å². The van der Waals surface area contributed by atoms with Crippen LogP contribution in [0, 0.1) is 13.8 Å². The van der Waals surface area contributed by atoms with Gasteiger partial charge >= 0.3 is 0 Å². The number of rotatable bonds is 7. The Kier molecular flexibility index (Phi) is 5.14. The lowest BCUT2D eigenvalue weighted by molar-refractivity contribution is 0.332. The summed E-state index contributed by atoms with van der Waals surface area (Å²) in [5.74, 6) is 2.35. The van der Waals surface area contributed by atoms with Crippen LogP contribution in [0.1, 0.15) is 17.1 Å². The molecule has 0 fully saturated rings. The van der Waals surface area contributed by atoms with Crippen molar-refractivity contribution in [1.29, 1.82) is 0 Å². The van der Waals surface area contributed by atoms with Gasteiger partial charge in [0, 0.05) is 6.07 Å². The maximum absolute atomic E-state index is 5.75. The Morgan fingerprint density at radius 3 is 2.68 bits per heavy atom. The molecule has 0 radical (unpaired) electrons. The number of benzene rings is 2. The third kappa shape index (κ3) is 4.25. The molecule has 0 saturated carbocycles. The molecule has 0 amide bonds. The number of hydrogen-bond acceptors (Lipinski definition) is 6. The summed E-state index contributed by atoms with van der Waals surface area (Å²) in [6.45, 7) is 5.68. The van der Waals surface area contributed by atoms with Gasteiger partial charge in [-0.25, -0.2) is 14.6 Å².